The van der Waals surface area contributed by atoms with Gasteiger partial charge in [-0.2, -0.15) is 5.10 Å². The molecule has 0 fully saturated rings. The van der Waals surface area contributed by atoms with Crippen molar-refractivity contribution < 1.29 is 4.74 Å². The van der Waals surface area contributed by atoms with Gasteiger partial charge in [0.05, 0.1) is 11.3 Å². The third kappa shape index (κ3) is 2.99. The molecule has 0 radical (unpaired) electrons. The van der Waals surface area contributed by atoms with Crippen LogP contribution in [0.4, 0.5) is 0 Å². The summed E-state index contributed by atoms with van der Waals surface area (Å²) in [6, 6.07) is 2.19. The summed E-state index contributed by atoms with van der Waals surface area (Å²) in [6.45, 7) is 11.1. The highest BCUT2D eigenvalue weighted by atomic mass is 16.5. The Bertz CT molecular complexity index is 603. The summed E-state index contributed by atoms with van der Waals surface area (Å²) in [5, 5.41) is 7.98. The molecule has 0 aliphatic heterocycles. The molecule has 110 valence electrons. The molecular formula is C15H24N4O. The standard InChI is InChI=1S/C15H24N4O/c1-10-7-14-16-8-13(12(3)19(14)18-10)11(2)17-9-15(4,5)20-6/h7-8,11,17H,9H2,1-6H3. The molecule has 0 saturated heterocycles. The maximum Gasteiger partial charge on any atom is 0.155 e. The quantitative estimate of drug-likeness (QED) is 0.911. The summed E-state index contributed by atoms with van der Waals surface area (Å²) >= 11 is 0. The Morgan fingerprint density at radius 3 is 2.75 bits per heavy atom. The van der Waals surface area contributed by atoms with Gasteiger partial charge in [-0.1, -0.05) is 0 Å². The largest absolute Gasteiger partial charge is 0.377 e. The monoisotopic (exact) mass is 276 g/mol. The highest BCUT2D eigenvalue weighted by Gasteiger charge is 2.19. The zero-order chi connectivity index (χ0) is 14.9. The molecule has 0 saturated carbocycles. The van der Waals surface area contributed by atoms with E-state index in [1.807, 2.05) is 23.7 Å². The zero-order valence-electron chi connectivity index (χ0n) is 13.2. The van der Waals surface area contributed by atoms with Gasteiger partial charge in [-0.05, 0) is 34.6 Å². The lowest BCUT2D eigenvalue weighted by Crippen LogP contribution is -2.38. The van der Waals surface area contributed by atoms with Crippen LogP contribution < -0.4 is 5.32 Å². The van der Waals surface area contributed by atoms with E-state index in [1.165, 1.54) is 0 Å². The van der Waals surface area contributed by atoms with E-state index >= 15 is 0 Å². The summed E-state index contributed by atoms with van der Waals surface area (Å²) in [4.78, 5) is 4.48. The smallest absolute Gasteiger partial charge is 0.155 e. The van der Waals surface area contributed by atoms with Crippen molar-refractivity contribution in [1.82, 2.24) is 19.9 Å². The van der Waals surface area contributed by atoms with Crippen molar-refractivity contribution in [2.45, 2.75) is 46.3 Å². The Labute approximate surface area is 120 Å². The number of nitrogens with one attached hydrogen (secondary N) is 1. The normalized spacial score (nSPS) is 13.9. The molecule has 1 atom stereocenters. The van der Waals surface area contributed by atoms with E-state index in [9.17, 15) is 0 Å². The van der Waals surface area contributed by atoms with E-state index in [4.69, 9.17) is 4.74 Å². The Morgan fingerprint density at radius 2 is 2.10 bits per heavy atom. The van der Waals surface area contributed by atoms with Gasteiger partial charge in [0, 0.05) is 43.2 Å². The number of methoxy groups -OCH3 is 1. The van der Waals surface area contributed by atoms with Crippen molar-refractivity contribution in [3.05, 3.63) is 29.2 Å². The average molecular weight is 276 g/mol. The zero-order valence-corrected chi connectivity index (χ0v) is 13.2. The number of rotatable bonds is 5. The van der Waals surface area contributed by atoms with Crippen molar-refractivity contribution in [3.63, 3.8) is 0 Å². The Hall–Kier alpha value is -1.46. The topological polar surface area (TPSA) is 51.5 Å². The van der Waals surface area contributed by atoms with E-state index in [0.717, 1.165) is 29.1 Å². The summed E-state index contributed by atoms with van der Waals surface area (Å²) in [5.41, 5.74) is 3.99. The second kappa shape index (κ2) is 5.50. The molecule has 20 heavy (non-hydrogen) atoms. The molecule has 2 aromatic heterocycles. The molecule has 0 aliphatic rings. The van der Waals surface area contributed by atoms with E-state index < -0.39 is 0 Å². The predicted octanol–water partition coefficient (Wildman–Crippen LogP) is 2.42. The fourth-order valence-corrected chi connectivity index (χ4v) is 2.18. The van der Waals surface area contributed by atoms with Crippen LogP contribution in [-0.2, 0) is 4.74 Å². The minimum atomic E-state index is -0.179. The lowest BCUT2D eigenvalue weighted by atomic mass is 10.1. The minimum absolute atomic E-state index is 0.179. The fraction of sp³-hybridized carbons (Fsp3) is 0.600. The first-order valence-corrected chi connectivity index (χ1v) is 6.94. The van der Waals surface area contributed by atoms with E-state index in [-0.39, 0.29) is 11.6 Å². The van der Waals surface area contributed by atoms with Gasteiger partial charge < -0.3 is 10.1 Å². The number of nitrogens with zero attached hydrogens (tertiary/aromatic N) is 3. The van der Waals surface area contributed by atoms with Crippen LogP contribution in [0.3, 0.4) is 0 Å². The third-order valence-corrected chi connectivity index (χ3v) is 3.74. The maximum atomic E-state index is 5.43. The van der Waals surface area contributed by atoms with Crippen molar-refractivity contribution >= 4 is 5.65 Å². The number of fused-ring (bicyclic) bond motifs is 1. The van der Waals surface area contributed by atoms with Crippen LogP contribution in [0.15, 0.2) is 12.3 Å². The van der Waals surface area contributed by atoms with Gasteiger partial charge in [-0.3, -0.25) is 0 Å². The number of aromatic nitrogens is 3. The van der Waals surface area contributed by atoms with Crippen LogP contribution in [0.25, 0.3) is 5.65 Å². The van der Waals surface area contributed by atoms with Gasteiger partial charge >= 0.3 is 0 Å². The number of hydrogen-bond donors (Lipinski definition) is 1. The molecule has 0 amide bonds. The van der Waals surface area contributed by atoms with E-state index in [2.05, 4.69) is 43.1 Å². The van der Waals surface area contributed by atoms with Gasteiger partial charge in [0.15, 0.2) is 5.65 Å². The molecule has 5 nitrogen and oxygen atoms in total. The highest BCUT2D eigenvalue weighted by Crippen LogP contribution is 2.19. The molecule has 0 spiro atoms. The van der Waals surface area contributed by atoms with Crippen molar-refractivity contribution in [3.8, 4) is 0 Å². The molecule has 2 heterocycles. The minimum Gasteiger partial charge on any atom is -0.377 e. The Morgan fingerprint density at radius 1 is 1.40 bits per heavy atom. The lowest BCUT2D eigenvalue weighted by Gasteiger charge is -2.26. The fourth-order valence-electron chi connectivity index (χ4n) is 2.18. The molecule has 1 N–H and O–H groups in total. The summed E-state index contributed by atoms with van der Waals surface area (Å²) in [7, 11) is 1.73. The van der Waals surface area contributed by atoms with Crippen LogP contribution in [-0.4, -0.2) is 33.9 Å². The second-order valence-electron chi connectivity index (χ2n) is 5.92. The van der Waals surface area contributed by atoms with Crippen molar-refractivity contribution in [1.29, 1.82) is 0 Å². The predicted molar refractivity (Wildman–Crippen MR) is 80.0 cm³/mol. The molecule has 2 aromatic rings. The first kappa shape index (κ1) is 14.9. The first-order valence-electron chi connectivity index (χ1n) is 6.94. The van der Waals surface area contributed by atoms with Crippen LogP contribution >= 0.6 is 0 Å². The third-order valence-electron chi connectivity index (χ3n) is 3.74. The molecule has 0 aliphatic carbocycles. The summed E-state index contributed by atoms with van der Waals surface area (Å²) in [5.74, 6) is 0. The molecule has 5 heteroatoms. The Kier molecular flexibility index (Phi) is 4.11. The van der Waals surface area contributed by atoms with Crippen LogP contribution in [0.1, 0.15) is 43.8 Å². The number of ether oxygens (including phenoxy) is 1. The van der Waals surface area contributed by atoms with E-state index in [0.29, 0.717) is 0 Å². The molecule has 2 rings (SSSR count). The highest BCUT2D eigenvalue weighted by molar-refractivity contribution is 5.42. The summed E-state index contributed by atoms with van der Waals surface area (Å²) in [6.07, 6.45) is 1.93. The average Bonchev–Trinajstić information content (AvgIpc) is 2.78. The van der Waals surface area contributed by atoms with Crippen LogP contribution in [0.5, 0.6) is 0 Å². The SMILES string of the molecule is COC(C)(C)CNC(C)c1cnc2cc(C)nn2c1C. The van der Waals surface area contributed by atoms with Gasteiger partial charge in [-0.15, -0.1) is 0 Å². The van der Waals surface area contributed by atoms with Gasteiger partial charge in [-0.25, -0.2) is 9.50 Å². The first-order chi connectivity index (χ1) is 9.34. The molecule has 0 bridgehead atoms. The van der Waals surface area contributed by atoms with E-state index in [1.54, 1.807) is 7.11 Å². The van der Waals surface area contributed by atoms with Crippen LogP contribution in [0, 0.1) is 13.8 Å². The lowest BCUT2D eigenvalue weighted by molar-refractivity contribution is 0.0214. The molecule has 1 unspecified atom stereocenters. The molecule has 0 aromatic carbocycles. The number of aryl methyl sites for hydroxylation is 2. The van der Waals surface area contributed by atoms with Crippen molar-refractivity contribution in [2.75, 3.05) is 13.7 Å². The maximum absolute atomic E-state index is 5.43. The summed E-state index contributed by atoms with van der Waals surface area (Å²) < 4.78 is 7.34. The van der Waals surface area contributed by atoms with Crippen molar-refractivity contribution in [2.24, 2.45) is 0 Å². The van der Waals surface area contributed by atoms with Gasteiger partial charge in [0.1, 0.15) is 0 Å². The van der Waals surface area contributed by atoms with Gasteiger partial charge in [0.25, 0.3) is 0 Å². The Balaban J connectivity index is 2.22. The number of hydrogen-bond acceptors (Lipinski definition) is 4. The van der Waals surface area contributed by atoms with Crippen LogP contribution in [0.2, 0.25) is 0 Å². The molecular weight excluding hydrogens is 252 g/mol. The van der Waals surface area contributed by atoms with Gasteiger partial charge in [0.2, 0.25) is 0 Å². The second-order valence-corrected chi connectivity index (χ2v) is 5.92.